The second-order valence-corrected chi connectivity index (χ2v) is 7.93. The van der Waals surface area contributed by atoms with Gasteiger partial charge in [0.2, 0.25) is 0 Å². The monoisotopic (exact) mass is 421 g/mol. The summed E-state index contributed by atoms with van der Waals surface area (Å²) in [6.07, 6.45) is -0.428. The Morgan fingerprint density at radius 3 is 2.29 bits per heavy atom. The highest BCUT2D eigenvalue weighted by atomic mass is 16.7. The fourth-order valence-corrected chi connectivity index (χ4v) is 4.17. The van der Waals surface area contributed by atoms with Gasteiger partial charge in [0.05, 0.1) is 32.1 Å². The third-order valence-corrected chi connectivity index (χ3v) is 5.54. The summed E-state index contributed by atoms with van der Waals surface area (Å²) in [5, 5.41) is 0. The van der Waals surface area contributed by atoms with Gasteiger partial charge in [-0.1, -0.05) is 30.3 Å². The van der Waals surface area contributed by atoms with Crippen LogP contribution in [0.5, 0.6) is 5.75 Å². The van der Waals surface area contributed by atoms with E-state index in [1.807, 2.05) is 75.4 Å². The molecule has 0 radical (unpaired) electrons. The van der Waals surface area contributed by atoms with Gasteiger partial charge in [-0.15, -0.1) is 0 Å². The largest absolute Gasteiger partial charge is 0.497 e. The summed E-state index contributed by atoms with van der Waals surface area (Å²) >= 11 is 0. The molecule has 0 spiro atoms. The van der Waals surface area contributed by atoms with Gasteiger partial charge in [0, 0.05) is 16.9 Å². The van der Waals surface area contributed by atoms with Gasteiger partial charge in [0.15, 0.2) is 5.79 Å². The smallest absolute Gasteiger partial charge is 0.340 e. The van der Waals surface area contributed by atoms with Crippen LogP contribution in [-0.4, -0.2) is 37.1 Å². The molecule has 1 aliphatic rings. The number of aromatic nitrogens is 1. The summed E-state index contributed by atoms with van der Waals surface area (Å²) in [4.78, 5) is 13.1. The molecule has 0 aliphatic carbocycles. The molecular weight excluding hydrogens is 394 g/mol. The van der Waals surface area contributed by atoms with E-state index in [9.17, 15) is 4.79 Å². The average Bonchev–Trinajstić information content (AvgIpc) is 3.30. The minimum absolute atomic E-state index is 0.338. The zero-order valence-electron chi connectivity index (χ0n) is 18.5. The van der Waals surface area contributed by atoms with Crippen molar-refractivity contribution in [3.63, 3.8) is 0 Å². The van der Waals surface area contributed by atoms with Gasteiger partial charge in [-0.3, -0.25) is 0 Å². The Hall–Kier alpha value is -3.09. The van der Waals surface area contributed by atoms with Gasteiger partial charge in [-0.05, 0) is 50.6 Å². The summed E-state index contributed by atoms with van der Waals surface area (Å²) in [5.41, 5.74) is 4.79. The van der Waals surface area contributed by atoms with E-state index >= 15 is 0 Å². The van der Waals surface area contributed by atoms with Crippen molar-refractivity contribution >= 4 is 5.97 Å². The molecule has 1 saturated heterocycles. The van der Waals surface area contributed by atoms with E-state index in [1.54, 1.807) is 7.11 Å². The minimum atomic E-state index is -0.742. The van der Waals surface area contributed by atoms with Crippen LogP contribution < -0.4 is 4.74 Å². The van der Waals surface area contributed by atoms with Gasteiger partial charge < -0.3 is 23.5 Å². The lowest BCUT2D eigenvalue weighted by Crippen LogP contribution is -2.21. The Morgan fingerprint density at radius 2 is 1.74 bits per heavy atom. The molecule has 0 bridgehead atoms. The minimum Gasteiger partial charge on any atom is -0.497 e. The molecule has 6 heteroatoms. The standard InChI is InChI=1S/C25H27NO5/c1-16-21(17-9-7-6-8-10-17)22(24(27)29-5)23(20-15-30-25(2,3)31-20)26(16)18-11-13-19(28-4)14-12-18/h6-14,20H,15H2,1-5H3/t20-/m1/s1. The van der Waals surface area contributed by atoms with Crippen molar-refractivity contribution in [1.82, 2.24) is 4.57 Å². The highest BCUT2D eigenvalue weighted by Gasteiger charge is 2.40. The number of nitrogens with zero attached hydrogens (tertiary/aromatic N) is 1. The molecule has 1 atom stereocenters. The molecule has 31 heavy (non-hydrogen) atoms. The first-order valence-electron chi connectivity index (χ1n) is 10.2. The van der Waals surface area contributed by atoms with Gasteiger partial charge in [0.1, 0.15) is 11.9 Å². The predicted octanol–water partition coefficient (Wildman–Crippen LogP) is 5.07. The second kappa shape index (κ2) is 8.21. The molecule has 2 heterocycles. The quantitative estimate of drug-likeness (QED) is 0.538. The van der Waals surface area contributed by atoms with Gasteiger partial charge in [-0.25, -0.2) is 4.79 Å². The number of carbonyl (C=O) groups excluding carboxylic acids is 1. The first kappa shape index (κ1) is 21.2. The summed E-state index contributed by atoms with van der Waals surface area (Å²) in [7, 11) is 3.03. The number of hydrogen-bond donors (Lipinski definition) is 0. The van der Waals surface area contributed by atoms with Crippen LogP contribution in [-0.2, 0) is 14.2 Å². The molecule has 6 nitrogen and oxygen atoms in total. The Kier molecular flexibility index (Phi) is 5.60. The van der Waals surface area contributed by atoms with E-state index in [-0.39, 0.29) is 0 Å². The predicted molar refractivity (Wildman–Crippen MR) is 118 cm³/mol. The third-order valence-electron chi connectivity index (χ3n) is 5.54. The topological polar surface area (TPSA) is 58.9 Å². The molecule has 1 aromatic heterocycles. The summed E-state index contributed by atoms with van der Waals surface area (Å²) in [5.74, 6) is -0.390. The average molecular weight is 421 g/mol. The van der Waals surface area contributed by atoms with Crippen LogP contribution in [0.3, 0.4) is 0 Å². The maximum absolute atomic E-state index is 13.1. The van der Waals surface area contributed by atoms with Gasteiger partial charge in [0.25, 0.3) is 0 Å². The first-order chi connectivity index (χ1) is 14.9. The highest BCUT2D eigenvalue weighted by Crippen LogP contribution is 2.42. The van der Waals surface area contributed by atoms with Crippen LogP contribution in [0.4, 0.5) is 0 Å². The summed E-state index contributed by atoms with van der Waals surface area (Å²) < 4.78 is 24.7. The Balaban J connectivity index is 2.02. The number of ether oxygens (including phenoxy) is 4. The molecule has 0 N–H and O–H groups in total. The number of benzene rings is 2. The van der Waals surface area contributed by atoms with E-state index in [2.05, 4.69) is 4.57 Å². The Bertz CT molecular complexity index is 1080. The van der Waals surface area contributed by atoms with Crippen LogP contribution in [0.25, 0.3) is 16.8 Å². The number of esters is 1. The highest BCUT2D eigenvalue weighted by molar-refractivity contribution is 6.00. The maximum Gasteiger partial charge on any atom is 0.340 e. The zero-order chi connectivity index (χ0) is 22.2. The molecule has 4 rings (SSSR count). The van der Waals surface area contributed by atoms with Crippen molar-refractivity contribution in [3.8, 4) is 22.6 Å². The number of rotatable bonds is 5. The lowest BCUT2D eigenvalue weighted by molar-refractivity contribution is -0.139. The van der Waals surface area contributed by atoms with Crippen molar-refractivity contribution < 1.29 is 23.7 Å². The molecular formula is C25H27NO5. The van der Waals surface area contributed by atoms with E-state index in [1.165, 1.54) is 7.11 Å². The molecule has 2 aromatic carbocycles. The van der Waals surface area contributed by atoms with Crippen molar-refractivity contribution in [2.75, 3.05) is 20.8 Å². The first-order valence-corrected chi connectivity index (χ1v) is 10.2. The van der Waals surface area contributed by atoms with Crippen LogP contribution in [0, 0.1) is 6.92 Å². The maximum atomic E-state index is 13.1. The van der Waals surface area contributed by atoms with Crippen molar-refractivity contribution in [3.05, 3.63) is 71.5 Å². The molecule has 0 amide bonds. The fraction of sp³-hybridized carbons (Fsp3) is 0.320. The van der Waals surface area contributed by atoms with E-state index in [0.29, 0.717) is 12.2 Å². The normalized spacial score (nSPS) is 17.5. The molecule has 162 valence electrons. The summed E-state index contributed by atoms with van der Waals surface area (Å²) in [6, 6.07) is 17.6. The second-order valence-electron chi connectivity index (χ2n) is 7.93. The lowest BCUT2D eigenvalue weighted by atomic mass is 9.99. The van der Waals surface area contributed by atoms with Crippen molar-refractivity contribution in [2.24, 2.45) is 0 Å². The molecule has 0 unspecified atom stereocenters. The van der Waals surface area contributed by atoms with E-state index < -0.39 is 17.9 Å². The van der Waals surface area contributed by atoms with E-state index in [0.717, 1.165) is 34.0 Å². The molecule has 0 saturated carbocycles. The molecule has 1 fully saturated rings. The Morgan fingerprint density at radius 1 is 1.06 bits per heavy atom. The van der Waals surface area contributed by atoms with Crippen LogP contribution in [0.2, 0.25) is 0 Å². The number of hydrogen-bond acceptors (Lipinski definition) is 5. The molecule has 1 aliphatic heterocycles. The number of methoxy groups -OCH3 is 2. The summed E-state index contributed by atoms with van der Waals surface area (Å²) in [6.45, 7) is 6.08. The SMILES string of the molecule is COC(=O)c1c(-c2ccccc2)c(C)n(-c2ccc(OC)cc2)c1[C@H]1COC(C)(C)O1. The van der Waals surface area contributed by atoms with Crippen LogP contribution in [0.1, 0.15) is 41.7 Å². The van der Waals surface area contributed by atoms with Crippen molar-refractivity contribution in [2.45, 2.75) is 32.7 Å². The van der Waals surface area contributed by atoms with E-state index in [4.69, 9.17) is 18.9 Å². The van der Waals surface area contributed by atoms with Crippen LogP contribution in [0.15, 0.2) is 54.6 Å². The van der Waals surface area contributed by atoms with Gasteiger partial charge >= 0.3 is 5.97 Å². The molecule has 3 aromatic rings. The zero-order valence-corrected chi connectivity index (χ0v) is 18.5. The van der Waals surface area contributed by atoms with Crippen molar-refractivity contribution in [1.29, 1.82) is 0 Å². The Labute approximate surface area is 182 Å². The van der Waals surface area contributed by atoms with Crippen LogP contribution >= 0.6 is 0 Å². The number of carbonyl (C=O) groups is 1. The van der Waals surface area contributed by atoms with Gasteiger partial charge in [-0.2, -0.15) is 0 Å². The fourth-order valence-electron chi connectivity index (χ4n) is 4.17. The lowest BCUT2D eigenvalue weighted by Gasteiger charge is -2.20. The third kappa shape index (κ3) is 3.84.